The molecule has 1 aromatic heterocycles. The molecule has 2 aliphatic heterocycles. The van der Waals surface area contributed by atoms with Crippen LogP contribution in [0.3, 0.4) is 0 Å². The van der Waals surface area contributed by atoms with E-state index in [4.69, 9.17) is 9.47 Å². The minimum absolute atomic E-state index is 0.0156. The maximum atomic E-state index is 12.9. The summed E-state index contributed by atoms with van der Waals surface area (Å²) in [5, 5.41) is 0. The summed E-state index contributed by atoms with van der Waals surface area (Å²) in [6, 6.07) is 19.9. The van der Waals surface area contributed by atoms with E-state index in [1.807, 2.05) is 35.2 Å². The maximum absolute atomic E-state index is 12.9. The molecule has 1 amide bonds. The van der Waals surface area contributed by atoms with E-state index in [0.29, 0.717) is 11.5 Å². The van der Waals surface area contributed by atoms with Crippen molar-refractivity contribution in [2.45, 2.75) is 25.5 Å². The Labute approximate surface area is 176 Å². The minimum atomic E-state index is 0.0156. The summed E-state index contributed by atoms with van der Waals surface area (Å²) in [5.74, 6) is 2.21. The SMILES string of the molecule is COc1ccc(C(=O)N2CCC(C3Oc4ccccc4Cn4cccc43)CC2)cc1. The third-order valence-corrected chi connectivity index (χ3v) is 6.32. The molecule has 5 heteroatoms. The third kappa shape index (κ3) is 3.45. The van der Waals surface area contributed by atoms with Crippen molar-refractivity contribution in [1.29, 1.82) is 0 Å². The molecule has 0 spiro atoms. The van der Waals surface area contributed by atoms with Gasteiger partial charge in [-0.3, -0.25) is 4.79 Å². The number of rotatable bonds is 3. The summed E-state index contributed by atoms with van der Waals surface area (Å²) >= 11 is 0. The molecular weight excluding hydrogens is 376 g/mol. The Balaban J connectivity index is 1.31. The fourth-order valence-electron chi connectivity index (χ4n) is 4.62. The average Bonchev–Trinajstić information content (AvgIpc) is 3.20. The topological polar surface area (TPSA) is 43.7 Å². The van der Waals surface area contributed by atoms with Gasteiger partial charge < -0.3 is 18.9 Å². The van der Waals surface area contributed by atoms with Crippen LogP contribution in [0.4, 0.5) is 0 Å². The van der Waals surface area contributed by atoms with E-state index in [-0.39, 0.29) is 12.0 Å². The Bertz CT molecular complexity index is 1030. The highest BCUT2D eigenvalue weighted by Gasteiger charge is 2.34. The molecular formula is C25H26N2O3. The van der Waals surface area contributed by atoms with E-state index >= 15 is 0 Å². The highest BCUT2D eigenvalue weighted by Crippen LogP contribution is 2.39. The number of ether oxygens (including phenoxy) is 2. The van der Waals surface area contributed by atoms with E-state index in [9.17, 15) is 4.79 Å². The number of hydrogen-bond acceptors (Lipinski definition) is 3. The molecule has 1 unspecified atom stereocenters. The molecule has 2 aromatic carbocycles. The van der Waals surface area contributed by atoms with Crippen LogP contribution in [0.5, 0.6) is 11.5 Å². The smallest absolute Gasteiger partial charge is 0.253 e. The number of para-hydroxylation sites is 1. The number of carbonyl (C=O) groups excluding carboxylic acids is 1. The molecule has 0 saturated carbocycles. The fraction of sp³-hybridized carbons (Fsp3) is 0.320. The zero-order chi connectivity index (χ0) is 20.5. The van der Waals surface area contributed by atoms with Crippen molar-refractivity contribution in [3.63, 3.8) is 0 Å². The molecule has 30 heavy (non-hydrogen) atoms. The molecule has 3 heterocycles. The lowest BCUT2D eigenvalue weighted by molar-refractivity contribution is 0.0530. The molecule has 5 nitrogen and oxygen atoms in total. The van der Waals surface area contributed by atoms with Gasteiger partial charge in [0.25, 0.3) is 5.91 Å². The van der Waals surface area contributed by atoms with Crippen LogP contribution in [0.15, 0.2) is 66.9 Å². The van der Waals surface area contributed by atoms with Crippen LogP contribution in [0.25, 0.3) is 0 Å². The van der Waals surface area contributed by atoms with Crippen LogP contribution in [0.2, 0.25) is 0 Å². The van der Waals surface area contributed by atoms with Crippen molar-refractivity contribution in [2.75, 3.05) is 20.2 Å². The van der Waals surface area contributed by atoms with Gasteiger partial charge in [0.2, 0.25) is 0 Å². The number of aromatic nitrogens is 1. The monoisotopic (exact) mass is 402 g/mol. The predicted molar refractivity (Wildman–Crippen MR) is 115 cm³/mol. The van der Waals surface area contributed by atoms with E-state index in [0.717, 1.165) is 44.0 Å². The number of piperidine rings is 1. The lowest BCUT2D eigenvalue weighted by Crippen LogP contribution is -2.40. The van der Waals surface area contributed by atoms with E-state index in [1.54, 1.807) is 7.11 Å². The summed E-state index contributed by atoms with van der Waals surface area (Å²) in [6.07, 6.45) is 4.01. The quantitative estimate of drug-likeness (QED) is 0.646. The molecule has 1 fully saturated rings. The van der Waals surface area contributed by atoms with Gasteiger partial charge in [0, 0.05) is 36.3 Å². The molecule has 2 aliphatic rings. The first-order chi connectivity index (χ1) is 14.7. The van der Waals surface area contributed by atoms with Crippen molar-refractivity contribution in [3.8, 4) is 11.5 Å². The van der Waals surface area contributed by atoms with Crippen LogP contribution < -0.4 is 9.47 Å². The number of methoxy groups -OCH3 is 1. The Morgan fingerprint density at radius 3 is 2.53 bits per heavy atom. The van der Waals surface area contributed by atoms with Gasteiger partial charge in [-0.05, 0) is 55.3 Å². The Kier molecular flexibility index (Phi) is 4.95. The highest BCUT2D eigenvalue weighted by atomic mass is 16.5. The third-order valence-electron chi connectivity index (χ3n) is 6.32. The largest absolute Gasteiger partial charge is 0.497 e. The zero-order valence-corrected chi connectivity index (χ0v) is 17.2. The molecule has 3 aromatic rings. The van der Waals surface area contributed by atoms with Gasteiger partial charge in [-0.2, -0.15) is 0 Å². The summed E-state index contributed by atoms with van der Waals surface area (Å²) < 4.78 is 14.0. The lowest BCUT2D eigenvalue weighted by Gasteiger charge is -2.36. The summed E-state index contributed by atoms with van der Waals surface area (Å²) in [6.45, 7) is 2.33. The Hall–Kier alpha value is -3.21. The second-order valence-electron chi connectivity index (χ2n) is 8.07. The van der Waals surface area contributed by atoms with Crippen LogP contribution in [-0.4, -0.2) is 35.6 Å². The average molecular weight is 402 g/mol. The van der Waals surface area contributed by atoms with Crippen molar-refractivity contribution in [1.82, 2.24) is 9.47 Å². The van der Waals surface area contributed by atoms with E-state index in [1.165, 1.54) is 11.3 Å². The second kappa shape index (κ2) is 7.90. The minimum Gasteiger partial charge on any atom is -0.497 e. The first-order valence-electron chi connectivity index (χ1n) is 10.6. The molecule has 5 rings (SSSR count). The van der Waals surface area contributed by atoms with Crippen molar-refractivity contribution >= 4 is 5.91 Å². The number of amides is 1. The van der Waals surface area contributed by atoms with Gasteiger partial charge >= 0.3 is 0 Å². The lowest BCUT2D eigenvalue weighted by atomic mass is 9.89. The van der Waals surface area contributed by atoms with Gasteiger partial charge in [-0.15, -0.1) is 0 Å². The Morgan fingerprint density at radius 2 is 1.77 bits per heavy atom. The summed E-state index contributed by atoms with van der Waals surface area (Å²) in [7, 11) is 1.63. The Morgan fingerprint density at radius 1 is 1.00 bits per heavy atom. The second-order valence-corrected chi connectivity index (χ2v) is 8.07. The molecule has 154 valence electrons. The number of fused-ring (bicyclic) bond motifs is 2. The van der Waals surface area contributed by atoms with E-state index < -0.39 is 0 Å². The number of nitrogens with zero attached hydrogens (tertiary/aromatic N) is 2. The maximum Gasteiger partial charge on any atom is 0.253 e. The zero-order valence-electron chi connectivity index (χ0n) is 17.2. The van der Waals surface area contributed by atoms with Gasteiger partial charge in [0.1, 0.15) is 17.6 Å². The van der Waals surface area contributed by atoms with Gasteiger partial charge in [-0.25, -0.2) is 0 Å². The molecule has 0 bridgehead atoms. The van der Waals surface area contributed by atoms with Crippen LogP contribution in [-0.2, 0) is 6.54 Å². The number of hydrogen-bond donors (Lipinski definition) is 0. The fourth-order valence-corrected chi connectivity index (χ4v) is 4.62. The molecule has 0 aliphatic carbocycles. The van der Waals surface area contributed by atoms with E-state index in [2.05, 4.69) is 41.1 Å². The van der Waals surface area contributed by atoms with Crippen LogP contribution in [0, 0.1) is 5.92 Å². The van der Waals surface area contributed by atoms with Crippen molar-refractivity contribution < 1.29 is 14.3 Å². The normalized spacial score (nSPS) is 18.7. The van der Waals surface area contributed by atoms with Gasteiger partial charge in [-0.1, -0.05) is 18.2 Å². The number of likely N-dealkylation sites (tertiary alicyclic amines) is 1. The van der Waals surface area contributed by atoms with Gasteiger partial charge in [0.05, 0.1) is 19.3 Å². The molecule has 0 radical (unpaired) electrons. The van der Waals surface area contributed by atoms with Crippen molar-refractivity contribution in [3.05, 3.63) is 83.7 Å². The summed E-state index contributed by atoms with van der Waals surface area (Å²) in [5.41, 5.74) is 3.15. The highest BCUT2D eigenvalue weighted by molar-refractivity contribution is 5.94. The summed E-state index contributed by atoms with van der Waals surface area (Å²) in [4.78, 5) is 14.9. The first kappa shape index (κ1) is 18.8. The van der Waals surface area contributed by atoms with Crippen LogP contribution in [0.1, 0.15) is 40.6 Å². The van der Waals surface area contributed by atoms with Crippen molar-refractivity contribution in [2.24, 2.45) is 5.92 Å². The number of benzene rings is 2. The van der Waals surface area contributed by atoms with Gasteiger partial charge in [0.15, 0.2) is 0 Å². The number of carbonyl (C=O) groups is 1. The standard InChI is InChI=1S/C25H26N2O3/c1-29-21-10-8-19(9-11-21)25(28)26-15-12-18(13-16-26)24-22-6-4-14-27(22)17-20-5-2-3-7-23(20)30-24/h2-11,14,18,24H,12-13,15-17H2,1H3. The molecule has 0 N–H and O–H groups in total. The van der Waals surface area contributed by atoms with Crippen LogP contribution >= 0.6 is 0 Å². The molecule has 1 saturated heterocycles. The predicted octanol–water partition coefficient (Wildman–Crippen LogP) is 4.53. The molecule has 1 atom stereocenters. The first-order valence-corrected chi connectivity index (χ1v) is 10.6.